The summed E-state index contributed by atoms with van der Waals surface area (Å²) in [5.41, 5.74) is 4.43. The van der Waals surface area contributed by atoms with Gasteiger partial charge in [-0.1, -0.05) is 128 Å². The van der Waals surface area contributed by atoms with Crippen LogP contribution in [0.4, 0.5) is 0 Å². The molecule has 1 fully saturated rings. The fourth-order valence-electron chi connectivity index (χ4n) is 5.66. The zero-order valence-corrected chi connectivity index (χ0v) is 26.4. The third kappa shape index (κ3) is 10.6. The molecule has 4 aromatic rings. The molecule has 0 radical (unpaired) electrons. The van der Waals surface area contributed by atoms with Crippen LogP contribution in [0.5, 0.6) is 0 Å². The third-order valence-corrected chi connectivity index (χ3v) is 8.05. The van der Waals surface area contributed by atoms with Crippen molar-refractivity contribution in [3.05, 3.63) is 144 Å². The molecule has 238 valence electrons. The van der Waals surface area contributed by atoms with Crippen LogP contribution in [0.3, 0.4) is 0 Å². The van der Waals surface area contributed by atoms with Crippen molar-refractivity contribution >= 4 is 0 Å². The third-order valence-electron chi connectivity index (χ3n) is 8.05. The second-order valence-corrected chi connectivity index (χ2v) is 11.6. The van der Waals surface area contributed by atoms with Crippen LogP contribution in [-0.2, 0) is 50.1 Å². The highest BCUT2D eigenvalue weighted by molar-refractivity contribution is 5.16. The molecule has 0 bridgehead atoms. The average Bonchev–Trinajstić information content (AvgIpc) is 3.10. The fraction of sp³-hybridized carbons (Fsp3) is 0.385. The molecule has 1 aliphatic heterocycles. The van der Waals surface area contributed by atoms with E-state index < -0.39 is 11.9 Å². The van der Waals surface area contributed by atoms with Crippen LogP contribution in [0.2, 0.25) is 0 Å². The summed E-state index contributed by atoms with van der Waals surface area (Å²) in [7, 11) is 0. The molecule has 0 aromatic heterocycles. The smallest absolute Gasteiger partial charge is 0.173 e. The molecular weight excluding hydrogens is 562 g/mol. The lowest BCUT2D eigenvalue weighted by molar-refractivity contribution is -0.341. The van der Waals surface area contributed by atoms with Gasteiger partial charge in [0.1, 0.15) is 12.2 Å². The summed E-state index contributed by atoms with van der Waals surface area (Å²) >= 11 is 0. The van der Waals surface area contributed by atoms with Crippen molar-refractivity contribution in [2.75, 3.05) is 19.7 Å². The molecule has 1 N–H and O–H groups in total. The number of benzene rings is 4. The molecule has 6 heteroatoms. The number of ether oxygens (including phenoxy) is 5. The van der Waals surface area contributed by atoms with Crippen molar-refractivity contribution in [3.8, 4) is 0 Å². The summed E-state index contributed by atoms with van der Waals surface area (Å²) in [6, 6.07) is 41.0. The molecule has 3 unspecified atom stereocenters. The molecule has 4 aromatic carbocycles. The first-order chi connectivity index (χ1) is 22.2. The first-order valence-electron chi connectivity index (χ1n) is 16.2. The summed E-state index contributed by atoms with van der Waals surface area (Å²) in [4.78, 5) is 0. The van der Waals surface area contributed by atoms with Gasteiger partial charge in [-0.25, -0.2) is 0 Å². The van der Waals surface area contributed by atoms with Crippen LogP contribution in [-0.4, -0.2) is 43.8 Å². The topological polar surface area (TPSA) is 58.2 Å². The summed E-state index contributed by atoms with van der Waals surface area (Å²) in [5.74, 6) is -0.884. The minimum Gasteiger partial charge on any atom is -0.374 e. The van der Waals surface area contributed by atoms with E-state index in [4.69, 9.17) is 23.7 Å². The maximum absolute atomic E-state index is 7.01. The van der Waals surface area contributed by atoms with Crippen molar-refractivity contribution in [1.82, 2.24) is 5.32 Å². The van der Waals surface area contributed by atoms with E-state index in [9.17, 15) is 0 Å². The maximum Gasteiger partial charge on any atom is 0.173 e. The Labute approximate surface area is 268 Å². The molecule has 45 heavy (non-hydrogen) atoms. The summed E-state index contributed by atoms with van der Waals surface area (Å²) in [5, 5.41) is 3.55. The van der Waals surface area contributed by atoms with Crippen LogP contribution in [0.25, 0.3) is 0 Å². The predicted molar refractivity (Wildman–Crippen MR) is 177 cm³/mol. The van der Waals surface area contributed by atoms with Crippen LogP contribution in [0.15, 0.2) is 121 Å². The quantitative estimate of drug-likeness (QED) is 0.118. The van der Waals surface area contributed by atoms with E-state index >= 15 is 0 Å². The highest BCUT2D eigenvalue weighted by atomic mass is 16.7. The first kappa shape index (κ1) is 33.0. The molecule has 4 atom stereocenters. The van der Waals surface area contributed by atoms with Gasteiger partial charge in [0.2, 0.25) is 0 Å². The molecule has 6 nitrogen and oxygen atoms in total. The molecule has 1 saturated heterocycles. The molecule has 1 heterocycles. The Morgan fingerprint density at radius 2 is 1.16 bits per heavy atom. The lowest BCUT2D eigenvalue weighted by Gasteiger charge is -2.48. The van der Waals surface area contributed by atoms with Crippen molar-refractivity contribution in [3.63, 3.8) is 0 Å². The second-order valence-electron chi connectivity index (χ2n) is 11.6. The zero-order valence-electron chi connectivity index (χ0n) is 26.4. The molecule has 0 saturated carbocycles. The van der Waals surface area contributed by atoms with E-state index in [2.05, 4.69) is 60.8 Å². The number of hydrogen-bond acceptors (Lipinski definition) is 6. The van der Waals surface area contributed by atoms with Crippen LogP contribution in [0, 0.1) is 0 Å². The predicted octanol–water partition coefficient (Wildman–Crippen LogP) is 7.47. The molecule has 0 spiro atoms. The van der Waals surface area contributed by atoms with Gasteiger partial charge in [0.15, 0.2) is 5.79 Å². The van der Waals surface area contributed by atoms with Gasteiger partial charge >= 0.3 is 0 Å². The van der Waals surface area contributed by atoms with Gasteiger partial charge in [0, 0.05) is 19.4 Å². The monoisotopic (exact) mass is 609 g/mol. The van der Waals surface area contributed by atoms with Gasteiger partial charge < -0.3 is 29.0 Å². The normalized spacial score (nSPS) is 21.5. The summed E-state index contributed by atoms with van der Waals surface area (Å²) in [6.07, 6.45) is 1.22. The lowest BCUT2D eigenvalue weighted by Crippen LogP contribution is -2.59. The molecule has 0 amide bonds. The molecule has 0 aliphatic carbocycles. The van der Waals surface area contributed by atoms with Gasteiger partial charge in [-0.2, -0.15) is 0 Å². The van der Waals surface area contributed by atoms with E-state index in [0.29, 0.717) is 45.9 Å². The molecule has 1 aliphatic rings. The Morgan fingerprint density at radius 1 is 0.644 bits per heavy atom. The van der Waals surface area contributed by atoms with E-state index in [0.717, 1.165) is 41.8 Å². The Kier molecular flexibility index (Phi) is 13.2. The van der Waals surface area contributed by atoms with Gasteiger partial charge in [0.05, 0.1) is 39.1 Å². The number of nitrogens with one attached hydrogen (secondary N) is 1. The van der Waals surface area contributed by atoms with Crippen molar-refractivity contribution in [1.29, 1.82) is 0 Å². The SMILES string of the molecule is CCCNCC[C@@]1(OCc2ccccc2)CC(OCc2ccccc2)C(OCc2ccccc2)C(COCc2ccccc2)O1. The summed E-state index contributed by atoms with van der Waals surface area (Å²) in [6.45, 7) is 6.07. The highest BCUT2D eigenvalue weighted by Crippen LogP contribution is 2.38. The first-order valence-corrected chi connectivity index (χ1v) is 16.2. The van der Waals surface area contributed by atoms with E-state index in [1.807, 2.05) is 72.8 Å². The van der Waals surface area contributed by atoms with Crippen LogP contribution >= 0.6 is 0 Å². The van der Waals surface area contributed by atoms with Crippen molar-refractivity contribution in [2.24, 2.45) is 0 Å². The Hall–Kier alpha value is -3.36. The Morgan fingerprint density at radius 3 is 1.71 bits per heavy atom. The molecule has 5 rings (SSSR count). The van der Waals surface area contributed by atoms with Crippen LogP contribution in [0.1, 0.15) is 48.4 Å². The van der Waals surface area contributed by atoms with Crippen LogP contribution < -0.4 is 5.32 Å². The minimum absolute atomic E-state index is 0.282. The maximum atomic E-state index is 7.01. The number of hydrogen-bond donors (Lipinski definition) is 1. The Balaban J connectivity index is 1.41. The van der Waals surface area contributed by atoms with Gasteiger partial charge in [-0.15, -0.1) is 0 Å². The molecular formula is C39H47NO5. The van der Waals surface area contributed by atoms with Crippen molar-refractivity contribution in [2.45, 2.75) is 76.7 Å². The second kappa shape index (κ2) is 18.0. The number of rotatable bonds is 18. The van der Waals surface area contributed by atoms with E-state index in [1.54, 1.807) is 0 Å². The minimum atomic E-state index is -0.884. The van der Waals surface area contributed by atoms with E-state index in [-0.39, 0.29) is 12.2 Å². The average molecular weight is 610 g/mol. The summed E-state index contributed by atoms with van der Waals surface area (Å²) < 4.78 is 33.5. The zero-order chi connectivity index (χ0) is 31.0. The standard InChI is InChI=1S/C39H47NO5/c1-2-24-40-25-23-39(44-30-35-21-13-6-14-22-35)26-36(42-28-33-17-9-4-10-18-33)38(43-29-34-19-11-5-12-20-34)37(45-39)31-41-27-32-15-7-3-8-16-32/h3-22,36-38,40H,2,23-31H2,1H3/t36?,37?,38?,39-/m0/s1. The van der Waals surface area contributed by atoms with Gasteiger partial charge in [-0.3, -0.25) is 0 Å². The van der Waals surface area contributed by atoms with Gasteiger partial charge in [0.25, 0.3) is 0 Å². The Bertz CT molecular complexity index is 1340. The highest BCUT2D eigenvalue weighted by Gasteiger charge is 2.49. The lowest BCUT2D eigenvalue weighted by atomic mass is 9.92. The fourth-order valence-corrected chi connectivity index (χ4v) is 5.66. The van der Waals surface area contributed by atoms with Crippen molar-refractivity contribution < 1.29 is 23.7 Å². The van der Waals surface area contributed by atoms with Gasteiger partial charge in [-0.05, 0) is 35.2 Å². The largest absolute Gasteiger partial charge is 0.374 e. The van der Waals surface area contributed by atoms with E-state index in [1.165, 1.54) is 0 Å².